The first-order valence-electron chi connectivity index (χ1n) is 8.64. The molecule has 5 atom stereocenters. The normalized spacial score (nSPS) is 34.0. The van der Waals surface area contributed by atoms with E-state index in [0.29, 0.717) is 12.0 Å². The molecule has 0 bridgehead atoms. The minimum Gasteiger partial charge on any atom is -0.462 e. The van der Waals surface area contributed by atoms with Crippen molar-refractivity contribution in [2.24, 2.45) is 17.3 Å². The number of carbonyl (C=O) groups is 3. The first kappa shape index (κ1) is 17.7. The van der Waals surface area contributed by atoms with Crippen molar-refractivity contribution in [3.63, 3.8) is 0 Å². The van der Waals surface area contributed by atoms with Gasteiger partial charge in [0.1, 0.15) is 12.2 Å². The Bertz CT molecular complexity index is 732. The average Bonchev–Trinajstić information content (AvgIpc) is 2.88. The molecule has 0 spiro atoms. The lowest BCUT2D eigenvalue weighted by molar-refractivity contribution is -0.179. The third-order valence-electron chi connectivity index (χ3n) is 5.95. The smallest absolute Gasteiger partial charge is 0.303 e. The number of aryl methyl sites for hydroxylation is 1. The molecular weight excluding hydrogens is 324 g/mol. The van der Waals surface area contributed by atoms with Gasteiger partial charge in [-0.1, -0.05) is 13.8 Å². The van der Waals surface area contributed by atoms with Crippen molar-refractivity contribution in [2.75, 3.05) is 0 Å². The fourth-order valence-corrected chi connectivity index (χ4v) is 4.59. The second-order valence-electron chi connectivity index (χ2n) is 7.49. The monoisotopic (exact) mass is 348 g/mol. The van der Waals surface area contributed by atoms with E-state index in [-0.39, 0.29) is 17.5 Å². The van der Waals surface area contributed by atoms with Crippen LogP contribution in [0.4, 0.5) is 0 Å². The van der Waals surface area contributed by atoms with E-state index in [2.05, 4.69) is 6.92 Å². The van der Waals surface area contributed by atoms with Gasteiger partial charge in [-0.05, 0) is 31.2 Å². The van der Waals surface area contributed by atoms with E-state index in [9.17, 15) is 14.4 Å². The number of esters is 2. The summed E-state index contributed by atoms with van der Waals surface area (Å²) in [7, 11) is 0. The van der Waals surface area contributed by atoms with Crippen molar-refractivity contribution in [1.82, 2.24) is 0 Å². The Morgan fingerprint density at radius 3 is 2.44 bits per heavy atom. The number of carbonyl (C=O) groups excluding carboxylic acids is 3. The fraction of sp³-hybridized carbons (Fsp3) is 0.632. The summed E-state index contributed by atoms with van der Waals surface area (Å²) in [6.07, 6.45) is 1.76. The van der Waals surface area contributed by atoms with Crippen LogP contribution in [0.15, 0.2) is 10.7 Å². The highest BCUT2D eigenvalue weighted by Gasteiger charge is 2.62. The first-order valence-corrected chi connectivity index (χ1v) is 8.64. The summed E-state index contributed by atoms with van der Waals surface area (Å²) in [5.41, 5.74) is 0.772. The molecule has 2 aliphatic carbocycles. The lowest BCUT2D eigenvalue weighted by Crippen LogP contribution is -2.56. The summed E-state index contributed by atoms with van der Waals surface area (Å²) in [4.78, 5) is 36.6. The summed E-state index contributed by atoms with van der Waals surface area (Å²) < 4.78 is 16.7. The van der Waals surface area contributed by atoms with Crippen LogP contribution in [0.3, 0.4) is 0 Å². The van der Waals surface area contributed by atoms with Gasteiger partial charge in [-0.3, -0.25) is 14.4 Å². The summed E-state index contributed by atoms with van der Waals surface area (Å²) in [5, 5.41) is 0. The Morgan fingerprint density at radius 2 is 1.84 bits per heavy atom. The van der Waals surface area contributed by atoms with Crippen molar-refractivity contribution >= 4 is 17.7 Å². The largest absolute Gasteiger partial charge is 0.462 e. The van der Waals surface area contributed by atoms with Crippen LogP contribution in [-0.4, -0.2) is 23.8 Å². The maximum absolute atomic E-state index is 13.2. The van der Waals surface area contributed by atoms with Gasteiger partial charge in [0, 0.05) is 24.8 Å². The number of furan rings is 1. The number of rotatable bonds is 2. The number of hydrogen-bond donors (Lipinski definition) is 0. The lowest BCUT2D eigenvalue weighted by Gasteiger charge is -2.53. The van der Waals surface area contributed by atoms with Gasteiger partial charge in [0.05, 0.1) is 12.2 Å². The molecule has 1 aromatic rings. The zero-order valence-electron chi connectivity index (χ0n) is 15.3. The van der Waals surface area contributed by atoms with Crippen molar-refractivity contribution in [3.05, 3.63) is 23.2 Å². The van der Waals surface area contributed by atoms with E-state index in [0.717, 1.165) is 12.0 Å². The lowest BCUT2D eigenvalue weighted by atomic mass is 9.53. The predicted octanol–water partition coefficient (Wildman–Crippen LogP) is 3.37. The molecule has 25 heavy (non-hydrogen) atoms. The van der Waals surface area contributed by atoms with Crippen LogP contribution in [0.25, 0.3) is 0 Å². The zero-order valence-corrected chi connectivity index (χ0v) is 15.3. The first-order chi connectivity index (χ1) is 11.7. The molecule has 0 N–H and O–H groups in total. The predicted molar refractivity (Wildman–Crippen MR) is 87.8 cm³/mol. The number of Topliss-reactive ketones (excluding diaryl/α,β-unsaturated/α-hetero) is 1. The molecule has 1 aromatic heterocycles. The molecule has 6 nitrogen and oxygen atoms in total. The molecule has 0 aliphatic heterocycles. The standard InChI is InChI=1S/C19H24O6/c1-9-8-23-17-14(9)18(25-12(4)21)19(5)10(2)6-7-13(24-11(3)20)15(19)16(17)22/h8,10,13,15,18H,6-7H2,1-5H3/t10-,13-,15-,18+,19-/m0/s1. The minimum atomic E-state index is -0.664. The molecule has 3 rings (SSSR count). The van der Waals surface area contributed by atoms with E-state index in [4.69, 9.17) is 13.9 Å². The molecule has 0 unspecified atom stereocenters. The molecule has 1 fully saturated rings. The third kappa shape index (κ3) is 2.58. The molecule has 1 saturated carbocycles. The second kappa shape index (κ2) is 6.00. The molecular formula is C19H24O6. The summed E-state index contributed by atoms with van der Waals surface area (Å²) in [6, 6.07) is 0. The Hall–Kier alpha value is -2.11. The van der Waals surface area contributed by atoms with Crippen LogP contribution in [0.2, 0.25) is 0 Å². The zero-order chi connectivity index (χ0) is 18.5. The van der Waals surface area contributed by atoms with Crippen LogP contribution in [-0.2, 0) is 19.1 Å². The SMILES string of the molecule is CC(=O)O[C@H]1CC[C@H](C)[C@]2(C)[C@H](OC(C)=O)c3c(C)coc3C(=O)[C@H]12. The average molecular weight is 348 g/mol. The van der Waals surface area contributed by atoms with Crippen molar-refractivity contribution in [1.29, 1.82) is 0 Å². The Labute approximate surface area is 146 Å². The third-order valence-corrected chi connectivity index (χ3v) is 5.95. The van der Waals surface area contributed by atoms with E-state index in [1.54, 1.807) is 0 Å². The van der Waals surface area contributed by atoms with Crippen molar-refractivity contribution in [3.8, 4) is 0 Å². The van der Waals surface area contributed by atoms with Gasteiger partial charge >= 0.3 is 11.9 Å². The molecule has 0 amide bonds. The Morgan fingerprint density at radius 1 is 1.20 bits per heavy atom. The van der Waals surface area contributed by atoms with Gasteiger partial charge in [-0.2, -0.15) is 0 Å². The van der Waals surface area contributed by atoms with Gasteiger partial charge in [0.25, 0.3) is 0 Å². The van der Waals surface area contributed by atoms with Gasteiger partial charge in [0.2, 0.25) is 5.78 Å². The molecule has 136 valence electrons. The van der Waals surface area contributed by atoms with Crippen LogP contribution in [0, 0.1) is 24.2 Å². The van der Waals surface area contributed by atoms with Gasteiger partial charge in [-0.25, -0.2) is 0 Å². The molecule has 6 heteroatoms. The maximum atomic E-state index is 13.2. The van der Waals surface area contributed by atoms with Crippen LogP contribution >= 0.6 is 0 Å². The van der Waals surface area contributed by atoms with Gasteiger partial charge in [0.15, 0.2) is 5.76 Å². The molecule has 0 radical (unpaired) electrons. The molecule has 2 aliphatic rings. The number of ketones is 1. The van der Waals surface area contributed by atoms with Crippen molar-refractivity contribution in [2.45, 2.75) is 59.7 Å². The number of fused-ring (bicyclic) bond motifs is 2. The van der Waals surface area contributed by atoms with E-state index in [1.807, 2.05) is 13.8 Å². The number of ether oxygens (including phenoxy) is 2. The quantitative estimate of drug-likeness (QED) is 0.762. The maximum Gasteiger partial charge on any atom is 0.303 e. The van der Waals surface area contributed by atoms with E-state index < -0.39 is 35.5 Å². The molecule has 0 saturated heterocycles. The minimum absolute atomic E-state index is 0.111. The van der Waals surface area contributed by atoms with Gasteiger partial charge in [-0.15, -0.1) is 0 Å². The van der Waals surface area contributed by atoms with E-state index >= 15 is 0 Å². The van der Waals surface area contributed by atoms with Gasteiger partial charge < -0.3 is 13.9 Å². The van der Waals surface area contributed by atoms with Crippen LogP contribution in [0.5, 0.6) is 0 Å². The summed E-state index contributed by atoms with van der Waals surface area (Å²) >= 11 is 0. The Balaban J connectivity index is 2.18. The number of hydrogen-bond acceptors (Lipinski definition) is 6. The van der Waals surface area contributed by atoms with Crippen LogP contribution < -0.4 is 0 Å². The topological polar surface area (TPSA) is 82.8 Å². The highest BCUT2D eigenvalue weighted by Crippen LogP contribution is 2.59. The molecule has 0 aromatic carbocycles. The summed E-state index contributed by atoms with van der Waals surface area (Å²) in [6.45, 7) is 8.56. The van der Waals surface area contributed by atoms with Crippen molar-refractivity contribution < 1.29 is 28.3 Å². The molecule has 1 heterocycles. The highest BCUT2D eigenvalue weighted by atomic mass is 16.6. The fourth-order valence-electron chi connectivity index (χ4n) is 4.59. The van der Waals surface area contributed by atoms with E-state index in [1.165, 1.54) is 20.1 Å². The van der Waals surface area contributed by atoms with Crippen LogP contribution in [0.1, 0.15) is 68.3 Å². The summed E-state index contributed by atoms with van der Waals surface area (Å²) in [5.74, 6) is -1.26. The second-order valence-corrected chi connectivity index (χ2v) is 7.49. The highest BCUT2D eigenvalue weighted by molar-refractivity contribution is 6.00. The Kier molecular flexibility index (Phi) is 4.25.